The van der Waals surface area contributed by atoms with Crippen LogP contribution in [-0.2, 0) is 0 Å². The molecule has 0 aliphatic heterocycles. The van der Waals surface area contributed by atoms with Crippen molar-refractivity contribution in [3.05, 3.63) is 57.0 Å². The van der Waals surface area contributed by atoms with Crippen molar-refractivity contribution in [2.24, 2.45) is 0 Å². The average molecular weight is 340 g/mol. The van der Waals surface area contributed by atoms with Crippen molar-refractivity contribution >= 4 is 44.8 Å². The van der Waals surface area contributed by atoms with Gasteiger partial charge in [0.1, 0.15) is 0 Å². The van der Waals surface area contributed by atoms with Crippen molar-refractivity contribution in [2.75, 3.05) is 11.1 Å². The highest BCUT2D eigenvalue weighted by atomic mass is 79.9. The van der Waals surface area contributed by atoms with Crippen LogP contribution in [0.25, 0.3) is 0 Å². The molecule has 0 saturated carbocycles. The molecule has 2 rings (SSSR count). The minimum absolute atomic E-state index is 0.224. The Morgan fingerprint density at radius 3 is 2.63 bits per heavy atom. The highest BCUT2D eigenvalue weighted by Gasteiger charge is 2.11. The zero-order valence-electron chi connectivity index (χ0n) is 10.2. The van der Waals surface area contributed by atoms with Gasteiger partial charge in [0.05, 0.1) is 16.3 Å². The number of amides is 1. The Bertz CT molecular complexity index is 643. The van der Waals surface area contributed by atoms with Crippen LogP contribution in [0.15, 0.2) is 40.9 Å². The summed E-state index contributed by atoms with van der Waals surface area (Å²) in [5.74, 6) is -0.224. The van der Waals surface area contributed by atoms with Gasteiger partial charge in [0.2, 0.25) is 0 Å². The van der Waals surface area contributed by atoms with Crippen LogP contribution in [0.5, 0.6) is 0 Å². The maximum Gasteiger partial charge on any atom is 0.256 e. The normalized spacial score (nSPS) is 10.3. The summed E-state index contributed by atoms with van der Waals surface area (Å²) >= 11 is 9.40. The van der Waals surface area contributed by atoms with E-state index in [0.717, 1.165) is 10.0 Å². The average Bonchev–Trinajstić information content (AvgIpc) is 2.32. The number of nitrogens with one attached hydrogen (secondary N) is 1. The standard InChI is InChI=1S/C14H12BrClN2O/c1-8-2-4-10(11(15)6-8)14(19)18-13-5-3-9(17)7-12(13)16/h2-7H,17H2,1H3,(H,18,19). The second-order valence-electron chi connectivity index (χ2n) is 4.18. The topological polar surface area (TPSA) is 55.1 Å². The number of nitrogens with two attached hydrogens (primary N) is 1. The summed E-state index contributed by atoms with van der Waals surface area (Å²) in [6.45, 7) is 1.96. The molecule has 0 bridgehead atoms. The van der Waals surface area contributed by atoms with E-state index < -0.39 is 0 Å². The monoisotopic (exact) mass is 338 g/mol. The lowest BCUT2D eigenvalue weighted by Gasteiger charge is -2.09. The smallest absolute Gasteiger partial charge is 0.256 e. The Morgan fingerprint density at radius 1 is 1.26 bits per heavy atom. The first-order chi connectivity index (χ1) is 8.97. The van der Waals surface area contributed by atoms with Gasteiger partial charge in [0.15, 0.2) is 0 Å². The van der Waals surface area contributed by atoms with Gasteiger partial charge in [0.25, 0.3) is 5.91 Å². The molecule has 0 heterocycles. The van der Waals surface area contributed by atoms with Crippen LogP contribution >= 0.6 is 27.5 Å². The van der Waals surface area contributed by atoms with E-state index in [1.807, 2.05) is 19.1 Å². The molecule has 5 heteroatoms. The van der Waals surface area contributed by atoms with Crippen LogP contribution in [0.4, 0.5) is 11.4 Å². The molecule has 0 spiro atoms. The fourth-order valence-corrected chi connectivity index (χ4v) is 2.54. The third-order valence-electron chi connectivity index (χ3n) is 2.61. The van der Waals surface area contributed by atoms with Crippen LogP contribution in [0, 0.1) is 6.92 Å². The molecule has 2 aromatic rings. The Balaban J connectivity index is 2.25. The maximum atomic E-state index is 12.2. The second-order valence-corrected chi connectivity index (χ2v) is 5.44. The number of hydrogen-bond donors (Lipinski definition) is 2. The number of rotatable bonds is 2. The van der Waals surface area contributed by atoms with Gasteiger partial charge in [-0.1, -0.05) is 17.7 Å². The van der Waals surface area contributed by atoms with E-state index in [0.29, 0.717) is 22.0 Å². The van der Waals surface area contributed by atoms with Gasteiger partial charge in [-0.3, -0.25) is 4.79 Å². The van der Waals surface area contributed by atoms with Gasteiger partial charge in [0, 0.05) is 10.2 Å². The van der Waals surface area contributed by atoms with Crippen molar-refractivity contribution in [3.8, 4) is 0 Å². The number of carbonyl (C=O) groups is 1. The van der Waals surface area contributed by atoms with Crippen molar-refractivity contribution in [2.45, 2.75) is 6.92 Å². The molecule has 0 atom stereocenters. The minimum Gasteiger partial charge on any atom is -0.399 e. The number of hydrogen-bond acceptors (Lipinski definition) is 2. The predicted octanol–water partition coefficient (Wildman–Crippen LogP) is 4.25. The molecule has 0 unspecified atom stereocenters. The van der Waals surface area contributed by atoms with E-state index in [2.05, 4.69) is 21.2 Å². The molecular weight excluding hydrogens is 328 g/mol. The summed E-state index contributed by atoms with van der Waals surface area (Å²) in [6, 6.07) is 10.5. The molecule has 98 valence electrons. The molecule has 0 aromatic heterocycles. The number of anilines is 2. The van der Waals surface area contributed by atoms with E-state index in [4.69, 9.17) is 17.3 Å². The molecule has 0 aliphatic rings. The first kappa shape index (κ1) is 13.9. The van der Waals surface area contributed by atoms with Crippen molar-refractivity contribution < 1.29 is 4.79 Å². The van der Waals surface area contributed by atoms with Gasteiger partial charge in [-0.15, -0.1) is 0 Å². The first-order valence-electron chi connectivity index (χ1n) is 5.60. The minimum atomic E-state index is -0.224. The van der Waals surface area contributed by atoms with E-state index in [1.54, 1.807) is 24.3 Å². The third-order valence-corrected chi connectivity index (χ3v) is 3.58. The Morgan fingerprint density at radius 2 is 2.00 bits per heavy atom. The van der Waals surface area contributed by atoms with Gasteiger partial charge in [-0.05, 0) is 58.7 Å². The quantitative estimate of drug-likeness (QED) is 0.804. The fourth-order valence-electron chi connectivity index (χ4n) is 1.63. The van der Waals surface area contributed by atoms with E-state index in [9.17, 15) is 4.79 Å². The lowest BCUT2D eigenvalue weighted by atomic mass is 10.1. The number of benzene rings is 2. The van der Waals surface area contributed by atoms with Crippen LogP contribution in [-0.4, -0.2) is 5.91 Å². The molecule has 19 heavy (non-hydrogen) atoms. The Labute approximate surface area is 124 Å². The van der Waals surface area contributed by atoms with Gasteiger partial charge >= 0.3 is 0 Å². The van der Waals surface area contributed by atoms with E-state index in [-0.39, 0.29) is 5.91 Å². The zero-order chi connectivity index (χ0) is 14.0. The largest absolute Gasteiger partial charge is 0.399 e. The van der Waals surface area contributed by atoms with Crippen LogP contribution in [0.2, 0.25) is 5.02 Å². The Kier molecular flexibility index (Phi) is 4.12. The van der Waals surface area contributed by atoms with Crippen molar-refractivity contribution in [3.63, 3.8) is 0 Å². The summed E-state index contributed by atoms with van der Waals surface area (Å²) in [7, 11) is 0. The number of halogens is 2. The predicted molar refractivity (Wildman–Crippen MR) is 82.7 cm³/mol. The molecule has 1 amide bonds. The highest BCUT2D eigenvalue weighted by Crippen LogP contribution is 2.26. The van der Waals surface area contributed by atoms with Gasteiger partial charge in [-0.2, -0.15) is 0 Å². The third kappa shape index (κ3) is 3.28. The summed E-state index contributed by atoms with van der Waals surface area (Å²) in [5, 5.41) is 3.17. The van der Waals surface area contributed by atoms with E-state index >= 15 is 0 Å². The summed E-state index contributed by atoms with van der Waals surface area (Å²) in [5.41, 5.74) is 8.33. The van der Waals surface area contributed by atoms with Gasteiger partial charge < -0.3 is 11.1 Å². The van der Waals surface area contributed by atoms with Gasteiger partial charge in [-0.25, -0.2) is 0 Å². The zero-order valence-corrected chi connectivity index (χ0v) is 12.5. The molecule has 2 aromatic carbocycles. The number of nitrogen functional groups attached to an aromatic ring is 1. The second kappa shape index (κ2) is 5.63. The van der Waals surface area contributed by atoms with Crippen molar-refractivity contribution in [1.29, 1.82) is 0 Å². The lowest BCUT2D eigenvalue weighted by molar-refractivity contribution is 0.102. The van der Waals surface area contributed by atoms with E-state index in [1.165, 1.54) is 0 Å². The molecular formula is C14H12BrClN2O. The summed E-state index contributed by atoms with van der Waals surface area (Å²) < 4.78 is 0.747. The fraction of sp³-hybridized carbons (Fsp3) is 0.0714. The van der Waals surface area contributed by atoms with Crippen molar-refractivity contribution in [1.82, 2.24) is 0 Å². The Hall–Kier alpha value is -1.52. The number of aryl methyl sites for hydroxylation is 1. The van der Waals surface area contributed by atoms with Crippen LogP contribution in [0.1, 0.15) is 15.9 Å². The van der Waals surface area contributed by atoms with Crippen LogP contribution in [0.3, 0.4) is 0 Å². The molecule has 0 radical (unpaired) electrons. The molecule has 0 saturated heterocycles. The molecule has 0 fully saturated rings. The SMILES string of the molecule is Cc1ccc(C(=O)Nc2ccc(N)cc2Cl)c(Br)c1. The highest BCUT2D eigenvalue weighted by molar-refractivity contribution is 9.10. The lowest BCUT2D eigenvalue weighted by Crippen LogP contribution is -2.13. The summed E-state index contributed by atoms with van der Waals surface area (Å²) in [4.78, 5) is 12.2. The first-order valence-corrected chi connectivity index (χ1v) is 6.77. The molecule has 0 aliphatic carbocycles. The molecule has 3 nitrogen and oxygen atoms in total. The number of carbonyl (C=O) groups excluding carboxylic acids is 1. The summed E-state index contributed by atoms with van der Waals surface area (Å²) in [6.07, 6.45) is 0. The maximum absolute atomic E-state index is 12.2. The molecule has 3 N–H and O–H groups in total. The van der Waals surface area contributed by atoms with Crippen LogP contribution < -0.4 is 11.1 Å².